The first kappa shape index (κ1) is 9.95. The molecule has 2 heteroatoms. The van der Waals surface area contributed by atoms with Crippen LogP contribution >= 0.6 is 0 Å². The summed E-state index contributed by atoms with van der Waals surface area (Å²) in [6, 6.07) is 9.98. The second-order valence-electron chi connectivity index (χ2n) is 3.80. The molecule has 0 aromatic heterocycles. The Morgan fingerprint density at radius 3 is 2.60 bits per heavy atom. The van der Waals surface area contributed by atoms with Crippen LogP contribution in [0.25, 0.3) is 0 Å². The van der Waals surface area contributed by atoms with Crippen LogP contribution in [0.3, 0.4) is 0 Å². The molecule has 0 spiro atoms. The van der Waals surface area contributed by atoms with Gasteiger partial charge in [0.25, 0.3) is 0 Å². The minimum atomic E-state index is 0.734. The van der Waals surface area contributed by atoms with Crippen LogP contribution in [0.5, 0.6) is 0 Å². The number of hydrogen-bond donors (Lipinski definition) is 0. The van der Waals surface area contributed by atoms with Crippen LogP contribution < -0.4 is 0 Å². The van der Waals surface area contributed by atoms with E-state index >= 15 is 0 Å². The van der Waals surface area contributed by atoms with Gasteiger partial charge >= 0.3 is 0 Å². The summed E-state index contributed by atoms with van der Waals surface area (Å²) in [6.07, 6.45) is 5.60. The van der Waals surface area contributed by atoms with Gasteiger partial charge in [0.15, 0.2) is 0 Å². The summed E-state index contributed by atoms with van der Waals surface area (Å²) in [7, 11) is 0. The minimum absolute atomic E-state index is 0.734. The van der Waals surface area contributed by atoms with Crippen LogP contribution in [-0.2, 0) is 6.54 Å². The van der Waals surface area contributed by atoms with E-state index in [1.165, 1.54) is 5.56 Å². The van der Waals surface area contributed by atoms with Crippen LogP contribution in [0.1, 0.15) is 17.5 Å². The lowest BCUT2D eigenvalue weighted by Crippen LogP contribution is -2.26. The molecule has 1 aromatic carbocycles. The van der Waals surface area contributed by atoms with Crippen molar-refractivity contribution in [2.75, 3.05) is 13.1 Å². The normalized spacial score (nSPS) is 16.2. The lowest BCUT2D eigenvalue weighted by molar-refractivity contribution is 0.291. The van der Waals surface area contributed by atoms with E-state index in [1.807, 2.05) is 24.3 Å². The Morgan fingerprint density at radius 2 is 2.00 bits per heavy atom. The molecule has 1 aliphatic heterocycles. The van der Waals surface area contributed by atoms with Crippen molar-refractivity contribution < 1.29 is 0 Å². The zero-order chi connectivity index (χ0) is 10.5. The molecule has 0 fully saturated rings. The molecule has 2 nitrogen and oxygen atoms in total. The van der Waals surface area contributed by atoms with E-state index in [1.54, 1.807) is 0 Å². The summed E-state index contributed by atoms with van der Waals surface area (Å²) in [4.78, 5) is 2.40. The predicted molar refractivity (Wildman–Crippen MR) is 60.2 cm³/mol. The molecule has 0 aliphatic carbocycles. The molecule has 1 heterocycles. The Balaban J connectivity index is 1.98. The molecule has 2 rings (SSSR count). The second kappa shape index (κ2) is 4.77. The summed E-state index contributed by atoms with van der Waals surface area (Å²) in [5.41, 5.74) is 2.02. The fourth-order valence-electron chi connectivity index (χ4n) is 1.78. The highest BCUT2D eigenvalue weighted by Crippen LogP contribution is 2.09. The lowest BCUT2D eigenvalue weighted by Gasteiger charge is -2.22. The largest absolute Gasteiger partial charge is 0.295 e. The molecule has 15 heavy (non-hydrogen) atoms. The van der Waals surface area contributed by atoms with Gasteiger partial charge in [-0.3, -0.25) is 4.90 Å². The zero-order valence-electron chi connectivity index (χ0n) is 8.69. The fourth-order valence-corrected chi connectivity index (χ4v) is 1.78. The van der Waals surface area contributed by atoms with Crippen molar-refractivity contribution in [3.8, 4) is 6.07 Å². The third-order valence-corrected chi connectivity index (χ3v) is 2.63. The summed E-state index contributed by atoms with van der Waals surface area (Å²) in [5.74, 6) is 0. The third-order valence-electron chi connectivity index (χ3n) is 2.63. The molecule has 0 N–H and O–H groups in total. The van der Waals surface area contributed by atoms with Gasteiger partial charge in [0.2, 0.25) is 0 Å². The first-order valence-electron chi connectivity index (χ1n) is 5.25. The maximum atomic E-state index is 8.68. The van der Waals surface area contributed by atoms with Crippen molar-refractivity contribution in [1.82, 2.24) is 4.90 Å². The molecule has 0 atom stereocenters. The molecule has 0 radical (unpaired) electrons. The van der Waals surface area contributed by atoms with Gasteiger partial charge in [0, 0.05) is 19.6 Å². The van der Waals surface area contributed by atoms with Crippen molar-refractivity contribution in [3.05, 3.63) is 47.5 Å². The van der Waals surface area contributed by atoms with Gasteiger partial charge in [0.1, 0.15) is 0 Å². The van der Waals surface area contributed by atoms with Crippen molar-refractivity contribution >= 4 is 0 Å². The highest BCUT2D eigenvalue weighted by atomic mass is 15.1. The number of nitrogens with zero attached hydrogens (tertiary/aromatic N) is 2. The summed E-state index contributed by atoms with van der Waals surface area (Å²) in [5, 5.41) is 8.68. The fraction of sp³-hybridized carbons (Fsp3) is 0.308. The first-order valence-corrected chi connectivity index (χ1v) is 5.25. The average Bonchev–Trinajstić information content (AvgIpc) is 2.31. The molecule has 1 aliphatic rings. The highest BCUT2D eigenvalue weighted by molar-refractivity contribution is 5.31. The minimum Gasteiger partial charge on any atom is -0.295 e. The molecule has 1 aromatic rings. The van der Waals surface area contributed by atoms with Gasteiger partial charge in [-0.05, 0) is 24.1 Å². The maximum Gasteiger partial charge on any atom is 0.0991 e. The monoisotopic (exact) mass is 198 g/mol. The van der Waals surface area contributed by atoms with E-state index in [-0.39, 0.29) is 0 Å². The Morgan fingerprint density at radius 1 is 1.20 bits per heavy atom. The number of nitriles is 1. The summed E-state index contributed by atoms with van der Waals surface area (Å²) < 4.78 is 0. The molecule has 76 valence electrons. The maximum absolute atomic E-state index is 8.68. The van der Waals surface area contributed by atoms with Gasteiger partial charge in [-0.25, -0.2) is 0 Å². The topological polar surface area (TPSA) is 27.0 Å². The number of hydrogen-bond acceptors (Lipinski definition) is 2. The Labute approximate surface area is 90.4 Å². The van der Waals surface area contributed by atoms with Crippen LogP contribution in [0, 0.1) is 11.3 Å². The molecule has 0 saturated carbocycles. The Hall–Kier alpha value is -1.59. The van der Waals surface area contributed by atoms with Gasteiger partial charge in [0.05, 0.1) is 11.6 Å². The third kappa shape index (κ3) is 2.68. The Kier molecular flexibility index (Phi) is 3.16. The predicted octanol–water partition coefficient (Wildman–Crippen LogP) is 2.32. The summed E-state index contributed by atoms with van der Waals surface area (Å²) >= 11 is 0. The van der Waals surface area contributed by atoms with E-state index in [2.05, 4.69) is 23.1 Å². The number of benzene rings is 1. The quantitative estimate of drug-likeness (QED) is 0.682. The van der Waals surface area contributed by atoms with Gasteiger partial charge in [-0.2, -0.15) is 5.26 Å². The van der Waals surface area contributed by atoms with Crippen LogP contribution in [0.4, 0.5) is 0 Å². The van der Waals surface area contributed by atoms with Crippen LogP contribution in [0.2, 0.25) is 0 Å². The number of rotatable bonds is 2. The van der Waals surface area contributed by atoms with Gasteiger partial charge in [-0.15, -0.1) is 0 Å². The molecular weight excluding hydrogens is 184 g/mol. The van der Waals surface area contributed by atoms with Crippen LogP contribution in [-0.4, -0.2) is 18.0 Å². The zero-order valence-corrected chi connectivity index (χ0v) is 8.69. The average molecular weight is 198 g/mol. The van der Waals surface area contributed by atoms with Gasteiger partial charge in [-0.1, -0.05) is 24.3 Å². The molecular formula is C13H14N2. The van der Waals surface area contributed by atoms with Crippen molar-refractivity contribution in [3.63, 3.8) is 0 Å². The van der Waals surface area contributed by atoms with E-state index < -0.39 is 0 Å². The Bertz CT molecular complexity index is 384. The van der Waals surface area contributed by atoms with E-state index in [9.17, 15) is 0 Å². The highest BCUT2D eigenvalue weighted by Gasteiger charge is 2.06. The van der Waals surface area contributed by atoms with Crippen molar-refractivity contribution in [2.45, 2.75) is 13.0 Å². The molecule has 0 saturated heterocycles. The smallest absolute Gasteiger partial charge is 0.0991 e. The SMILES string of the molecule is N#Cc1ccc(CN2CC=CCC2)cc1. The van der Waals surface area contributed by atoms with E-state index in [0.717, 1.165) is 31.6 Å². The van der Waals surface area contributed by atoms with E-state index in [4.69, 9.17) is 5.26 Å². The second-order valence-corrected chi connectivity index (χ2v) is 3.80. The molecule has 0 amide bonds. The lowest BCUT2D eigenvalue weighted by atomic mass is 10.1. The summed E-state index contributed by atoms with van der Waals surface area (Å²) in [6.45, 7) is 3.16. The standard InChI is InChI=1S/C13H14N2/c14-10-12-4-6-13(7-5-12)11-15-8-2-1-3-9-15/h1-2,4-7H,3,8-9,11H2. The van der Waals surface area contributed by atoms with E-state index in [0.29, 0.717) is 0 Å². The van der Waals surface area contributed by atoms with Gasteiger partial charge < -0.3 is 0 Å². The van der Waals surface area contributed by atoms with Crippen LogP contribution in [0.15, 0.2) is 36.4 Å². The molecule has 0 bridgehead atoms. The first-order chi connectivity index (χ1) is 7.38. The van der Waals surface area contributed by atoms with Crippen molar-refractivity contribution in [2.24, 2.45) is 0 Å². The van der Waals surface area contributed by atoms with Crippen molar-refractivity contribution in [1.29, 1.82) is 5.26 Å². The molecule has 0 unspecified atom stereocenters.